The molecule has 0 aliphatic carbocycles. The van der Waals surface area contributed by atoms with Gasteiger partial charge in [0.15, 0.2) is 11.6 Å². The molecule has 1 aromatic carbocycles. The van der Waals surface area contributed by atoms with E-state index in [1.165, 1.54) is 0 Å². The van der Waals surface area contributed by atoms with Gasteiger partial charge in [-0.3, -0.25) is 4.79 Å². The summed E-state index contributed by atoms with van der Waals surface area (Å²) in [6.45, 7) is -0.254. The molecule has 0 heterocycles. The highest BCUT2D eigenvalue weighted by Crippen LogP contribution is 2.16. The fraction of sp³-hybridized carbons (Fsp3) is 0.222. The highest BCUT2D eigenvalue weighted by molar-refractivity contribution is 7.89. The number of halogens is 2. The molecule has 0 aliphatic heterocycles. The van der Waals surface area contributed by atoms with Crippen LogP contribution < -0.4 is 16.2 Å². The van der Waals surface area contributed by atoms with Gasteiger partial charge in [0.1, 0.15) is 0 Å². The molecule has 0 aromatic heterocycles. The van der Waals surface area contributed by atoms with Crippen LogP contribution in [-0.4, -0.2) is 26.6 Å². The second kappa shape index (κ2) is 5.27. The minimum absolute atomic E-state index is 0.248. The molecule has 5 N–H and O–H groups in total. The van der Waals surface area contributed by atoms with Crippen molar-refractivity contribution in [3.05, 3.63) is 29.3 Å². The summed E-state index contributed by atoms with van der Waals surface area (Å²) in [4.78, 5) is 11.5. The average molecular weight is 279 g/mol. The van der Waals surface area contributed by atoms with Crippen LogP contribution in [0.25, 0.3) is 0 Å². The molecule has 0 unspecified atom stereocenters. The number of carbonyl (C=O) groups is 1. The molecule has 0 saturated carbocycles. The summed E-state index contributed by atoms with van der Waals surface area (Å²) in [6, 6.07) is 1.31. The van der Waals surface area contributed by atoms with Crippen LogP contribution in [0.2, 0.25) is 0 Å². The minimum Gasteiger partial charge on any atom is -0.398 e. The number of hydrogen-bond donors (Lipinski definition) is 3. The Bertz CT molecular complexity index is 575. The Morgan fingerprint density at radius 1 is 1.28 bits per heavy atom. The van der Waals surface area contributed by atoms with Gasteiger partial charge >= 0.3 is 0 Å². The van der Waals surface area contributed by atoms with E-state index >= 15 is 0 Å². The molecule has 1 rings (SSSR count). The molecule has 18 heavy (non-hydrogen) atoms. The van der Waals surface area contributed by atoms with Gasteiger partial charge in [0, 0.05) is 18.3 Å². The van der Waals surface area contributed by atoms with Crippen molar-refractivity contribution in [1.29, 1.82) is 0 Å². The highest BCUT2D eigenvalue weighted by atomic mass is 32.2. The van der Waals surface area contributed by atoms with Gasteiger partial charge in [-0.1, -0.05) is 0 Å². The minimum atomic E-state index is -3.71. The highest BCUT2D eigenvalue weighted by Gasteiger charge is 2.14. The molecular formula is C9H11F2N3O3S. The summed E-state index contributed by atoms with van der Waals surface area (Å²) in [6.07, 6.45) is 0. The monoisotopic (exact) mass is 279 g/mol. The largest absolute Gasteiger partial charge is 0.398 e. The van der Waals surface area contributed by atoms with E-state index in [1.807, 2.05) is 0 Å². The van der Waals surface area contributed by atoms with Crippen molar-refractivity contribution in [2.75, 3.05) is 18.0 Å². The number of primary sulfonamides is 1. The average Bonchev–Trinajstić information content (AvgIpc) is 2.21. The van der Waals surface area contributed by atoms with Gasteiger partial charge in [0.2, 0.25) is 10.0 Å². The second-order valence-electron chi connectivity index (χ2n) is 3.48. The Morgan fingerprint density at radius 2 is 1.83 bits per heavy atom. The summed E-state index contributed by atoms with van der Waals surface area (Å²) in [5.41, 5.74) is 4.82. The Hall–Kier alpha value is -1.74. The van der Waals surface area contributed by atoms with Crippen LogP contribution in [0.5, 0.6) is 0 Å². The fourth-order valence-corrected chi connectivity index (χ4v) is 1.55. The number of anilines is 1. The van der Waals surface area contributed by atoms with Crippen molar-refractivity contribution in [2.45, 2.75) is 0 Å². The molecule has 0 saturated heterocycles. The first-order valence-electron chi connectivity index (χ1n) is 4.74. The van der Waals surface area contributed by atoms with E-state index in [9.17, 15) is 22.0 Å². The quantitative estimate of drug-likeness (QED) is 0.648. The van der Waals surface area contributed by atoms with Gasteiger partial charge in [0.05, 0.1) is 11.3 Å². The Kier molecular flexibility index (Phi) is 4.19. The molecule has 1 aromatic rings. The van der Waals surface area contributed by atoms with E-state index < -0.39 is 33.3 Å². The summed E-state index contributed by atoms with van der Waals surface area (Å²) < 4.78 is 46.9. The van der Waals surface area contributed by atoms with Crippen molar-refractivity contribution in [2.24, 2.45) is 5.14 Å². The molecule has 0 fully saturated rings. The van der Waals surface area contributed by atoms with Crippen LogP contribution >= 0.6 is 0 Å². The molecule has 6 nitrogen and oxygen atoms in total. The smallest absolute Gasteiger partial charge is 0.253 e. The number of nitrogen functional groups attached to an aromatic ring is 1. The van der Waals surface area contributed by atoms with Crippen LogP contribution in [0.15, 0.2) is 12.1 Å². The number of sulfonamides is 1. The van der Waals surface area contributed by atoms with Crippen LogP contribution in [0, 0.1) is 11.6 Å². The van der Waals surface area contributed by atoms with Crippen LogP contribution in [-0.2, 0) is 10.0 Å². The number of nitrogens with two attached hydrogens (primary N) is 2. The van der Waals surface area contributed by atoms with E-state index in [-0.39, 0.29) is 17.8 Å². The topological polar surface area (TPSA) is 115 Å². The zero-order valence-electron chi connectivity index (χ0n) is 9.11. The number of benzene rings is 1. The van der Waals surface area contributed by atoms with E-state index in [1.54, 1.807) is 0 Å². The number of carbonyl (C=O) groups excluding carboxylic acids is 1. The maximum Gasteiger partial charge on any atom is 0.253 e. The predicted octanol–water partition coefficient (Wildman–Crippen LogP) is -0.435. The standard InChI is InChI=1S/C9H11F2N3O3S/c10-6-3-5(8(12)4-7(6)11)9(15)14-1-2-18(13,16)17/h3-4H,1-2,12H2,(H,14,15)(H2,13,16,17). The van der Waals surface area contributed by atoms with Crippen LogP contribution in [0.3, 0.4) is 0 Å². The van der Waals surface area contributed by atoms with Crippen molar-refractivity contribution in [3.63, 3.8) is 0 Å². The van der Waals surface area contributed by atoms with Crippen molar-refractivity contribution >= 4 is 21.6 Å². The molecule has 0 atom stereocenters. The number of nitrogens with one attached hydrogen (secondary N) is 1. The lowest BCUT2D eigenvalue weighted by atomic mass is 10.1. The van der Waals surface area contributed by atoms with Gasteiger partial charge in [-0.25, -0.2) is 22.3 Å². The molecule has 0 bridgehead atoms. The maximum absolute atomic E-state index is 12.9. The first-order chi connectivity index (χ1) is 8.20. The normalized spacial score (nSPS) is 11.3. The summed E-state index contributed by atoms with van der Waals surface area (Å²) in [5, 5.41) is 6.90. The molecule has 0 aliphatic rings. The third-order valence-electron chi connectivity index (χ3n) is 2.01. The molecular weight excluding hydrogens is 268 g/mol. The van der Waals surface area contributed by atoms with E-state index in [0.29, 0.717) is 12.1 Å². The van der Waals surface area contributed by atoms with E-state index in [2.05, 4.69) is 5.32 Å². The third-order valence-corrected chi connectivity index (χ3v) is 2.78. The Balaban J connectivity index is 2.76. The van der Waals surface area contributed by atoms with Gasteiger partial charge in [-0.2, -0.15) is 0 Å². The summed E-state index contributed by atoms with van der Waals surface area (Å²) >= 11 is 0. The van der Waals surface area contributed by atoms with Crippen molar-refractivity contribution < 1.29 is 22.0 Å². The van der Waals surface area contributed by atoms with Crippen molar-refractivity contribution in [3.8, 4) is 0 Å². The SMILES string of the molecule is Nc1cc(F)c(F)cc1C(=O)NCCS(N)(=O)=O. The number of amides is 1. The number of rotatable bonds is 4. The third kappa shape index (κ3) is 3.93. The molecule has 0 spiro atoms. The first kappa shape index (κ1) is 14.3. The first-order valence-corrected chi connectivity index (χ1v) is 6.45. The van der Waals surface area contributed by atoms with Gasteiger partial charge in [-0.15, -0.1) is 0 Å². The molecule has 1 amide bonds. The summed E-state index contributed by atoms with van der Waals surface area (Å²) in [7, 11) is -3.71. The molecule has 9 heteroatoms. The van der Waals surface area contributed by atoms with Crippen molar-refractivity contribution in [1.82, 2.24) is 5.32 Å². The second-order valence-corrected chi connectivity index (χ2v) is 5.21. The van der Waals surface area contributed by atoms with E-state index in [0.717, 1.165) is 0 Å². The number of hydrogen-bond acceptors (Lipinski definition) is 4. The maximum atomic E-state index is 12.9. The lowest BCUT2D eigenvalue weighted by Gasteiger charge is -2.07. The van der Waals surface area contributed by atoms with Crippen LogP contribution in [0.1, 0.15) is 10.4 Å². The fourth-order valence-electron chi connectivity index (χ4n) is 1.16. The Morgan fingerprint density at radius 3 is 2.39 bits per heavy atom. The van der Waals surface area contributed by atoms with Crippen LogP contribution in [0.4, 0.5) is 14.5 Å². The molecule has 0 radical (unpaired) electrons. The van der Waals surface area contributed by atoms with E-state index in [4.69, 9.17) is 10.9 Å². The Labute approximate surface area is 102 Å². The zero-order valence-corrected chi connectivity index (χ0v) is 9.93. The van der Waals surface area contributed by atoms with Gasteiger partial charge in [0.25, 0.3) is 5.91 Å². The molecule has 100 valence electrons. The van der Waals surface area contributed by atoms with Gasteiger partial charge < -0.3 is 11.1 Å². The zero-order chi connectivity index (χ0) is 13.9. The van der Waals surface area contributed by atoms with Gasteiger partial charge in [-0.05, 0) is 6.07 Å². The lowest BCUT2D eigenvalue weighted by Crippen LogP contribution is -2.32. The summed E-state index contributed by atoms with van der Waals surface area (Å²) in [5.74, 6) is -3.67. The lowest BCUT2D eigenvalue weighted by molar-refractivity contribution is 0.0956. The predicted molar refractivity (Wildman–Crippen MR) is 61.1 cm³/mol.